The molecule has 28 heavy (non-hydrogen) atoms. The van der Waals surface area contributed by atoms with Gasteiger partial charge in [-0.2, -0.15) is 5.10 Å². The summed E-state index contributed by atoms with van der Waals surface area (Å²) in [5.41, 5.74) is 3.60. The highest BCUT2D eigenvalue weighted by Gasteiger charge is 2.35. The fourth-order valence-electron chi connectivity index (χ4n) is 4.50. The number of carbonyl (C=O) groups is 2. The van der Waals surface area contributed by atoms with Gasteiger partial charge in [0.1, 0.15) is 0 Å². The molecule has 1 saturated heterocycles. The first-order valence-electron chi connectivity index (χ1n) is 10.2. The standard InChI is InChI=1S/C22H28N4O2/c1-15-11-16(2)26(24-15)20-9-7-18(8-10-20)22(28)23-13-17-12-21(27)25(14-17)19-5-3-4-6-19/h7-11,17,19H,3-6,12-14H2,1-2H3,(H,23,28)/t17-/m1/s1. The second-order valence-electron chi connectivity index (χ2n) is 8.15. The number of aromatic nitrogens is 2. The summed E-state index contributed by atoms with van der Waals surface area (Å²) in [4.78, 5) is 26.8. The van der Waals surface area contributed by atoms with Gasteiger partial charge in [-0.1, -0.05) is 12.8 Å². The Labute approximate surface area is 165 Å². The van der Waals surface area contributed by atoms with E-state index in [0.29, 0.717) is 24.6 Å². The molecule has 0 unspecified atom stereocenters. The average Bonchev–Trinajstić information content (AvgIpc) is 3.40. The zero-order valence-electron chi connectivity index (χ0n) is 16.6. The Kier molecular flexibility index (Phi) is 5.20. The number of aryl methyl sites for hydroxylation is 2. The maximum absolute atomic E-state index is 12.5. The van der Waals surface area contributed by atoms with Gasteiger partial charge in [0.2, 0.25) is 5.91 Å². The Morgan fingerprint density at radius 2 is 1.89 bits per heavy atom. The number of nitrogens with zero attached hydrogens (tertiary/aromatic N) is 3. The summed E-state index contributed by atoms with van der Waals surface area (Å²) < 4.78 is 1.87. The Hall–Kier alpha value is -2.63. The molecule has 0 spiro atoms. The van der Waals surface area contributed by atoms with E-state index in [4.69, 9.17) is 0 Å². The van der Waals surface area contributed by atoms with Crippen molar-refractivity contribution in [1.29, 1.82) is 0 Å². The van der Waals surface area contributed by atoms with E-state index in [9.17, 15) is 9.59 Å². The highest BCUT2D eigenvalue weighted by atomic mass is 16.2. The van der Waals surface area contributed by atoms with Gasteiger partial charge in [-0.3, -0.25) is 9.59 Å². The number of amides is 2. The van der Waals surface area contributed by atoms with Crippen LogP contribution in [0.15, 0.2) is 30.3 Å². The molecule has 1 atom stereocenters. The molecule has 6 nitrogen and oxygen atoms in total. The molecule has 2 aromatic rings. The van der Waals surface area contributed by atoms with Crippen molar-refractivity contribution in [3.8, 4) is 5.69 Å². The second-order valence-corrected chi connectivity index (χ2v) is 8.15. The molecule has 2 heterocycles. The van der Waals surface area contributed by atoms with Gasteiger partial charge in [0.05, 0.1) is 11.4 Å². The molecule has 4 rings (SSSR count). The molecule has 6 heteroatoms. The molecule has 2 fully saturated rings. The van der Waals surface area contributed by atoms with Crippen LogP contribution < -0.4 is 5.32 Å². The fraction of sp³-hybridized carbons (Fsp3) is 0.500. The Balaban J connectivity index is 1.33. The molecule has 1 aliphatic carbocycles. The van der Waals surface area contributed by atoms with E-state index < -0.39 is 0 Å². The van der Waals surface area contributed by atoms with Crippen molar-refractivity contribution in [1.82, 2.24) is 20.0 Å². The number of benzene rings is 1. The van der Waals surface area contributed by atoms with Crippen LogP contribution in [0, 0.1) is 19.8 Å². The predicted molar refractivity (Wildman–Crippen MR) is 107 cm³/mol. The minimum absolute atomic E-state index is 0.0910. The van der Waals surface area contributed by atoms with Crippen LogP contribution in [0.25, 0.3) is 5.69 Å². The maximum atomic E-state index is 12.5. The van der Waals surface area contributed by atoms with Gasteiger partial charge in [0, 0.05) is 42.7 Å². The van der Waals surface area contributed by atoms with Gasteiger partial charge < -0.3 is 10.2 Å². The molecule has 2 aliphatic rings. The first kappa shape index (κ1) is 18.7. The molecule has 1 aromatic carbocycles. The zero-order valence-corrected chi connectivity index (χ0v) is 16.6. The molecule has 1 N–H and O–H groups in total. The lowest BCUT2D eigenvalue weighted by Gasteiger charge is -2.24. The minimum atomic E-state index is -0.0910. The lowest BCUT2D eigenvalue weighted by atomic mass is 10.1. The third-order valence-electron chi connectivity index (χ3n) is 5.94. The smallest absolute Gasteiger partial charge is 0.251 e. The summed E-state index contributed by atoms with van der Waals surface area (Å²) in [7, 11) is 0. The number of likely N-dealkylation sites (tertiary alicyclic amines) is 1. The van der Waals surface area contributed by atoms with Gasteiger partial charge >= 0.3 is 0 Å². The van der Waals surface area contributed by atoms with Gasteiger partial charge in [-0.05, 0) is 57.0 Å². The van der Waals surface area contributed by atoms with Crippen molar-refractivity contribution in [3.05, 3.63) is 47.3 Å². The van der Waals surface area contributed by atoms with Crippen LogP contribution in [0.3, 0.4) is 0 Å². The van der Waals surface area contributed by atoms with Crippen LogP contribution in [-0.4, -0.2) is 45.6 Å². The molecule has 2 amide bonds. The fourth-order valence-corrected chi connectivity index (χ4v) is 4.50. The van der Waals surface area contributed by atoms with Crippen molar-refractivity contribution in [2.24, 2.45) is 5.92 Å². The van der Waals surface area contributed by atoms with Crippen LogP contribution in [0.1, 0.15) is 53.8 Å². The van der Waals surface area contributed by atoms with E-state index >= 15 is 0 Å². The number of rotatable bonds is 5. The van der Waals surface area contributed by atoms with Crippen LogP contribution in [0.5, 0.6) is 0 Å². The molecule has 0 bridgehead atoms. The normalized spacial score (nSPS) is 20.1. The third kappa shape index (κ3) is 3.81. The number of carbonyl (C=O) groups excluding carboxylic acids is 2. The van der Waals surface area contributed by atoms with Crippen molar-refractivity contribution >= 4 is 11.8 Å². The van der Waals surface area contributed by atoms with Gasteiger partial charge in [0.25, 0.3) is 5.91 Å². The first-order chi connectivity index (χ1) is 13.5. The number of nitrogens with one attached hydrogen (secondary N) is 1. The van der Waals surface area contributed by atoms with Crippen molar-refractivity contribution in [2.45, 2.75) is 52.0 Å². The Morgan fingerprint density at radius 1 is 1.18 bits per heavy atom. The maximum Gasteiger partial charge on any atom is 0.251 e. The molecule has 1 aliphatic heterocycles. The van der Waals surface area contributed by atoms with E-state index in [2.05, 4.69) is 10.4 Å². The van der Waals surface area contributed by atoms with E-state index in [-0.39, 0.29) is 17.7 Å². The van der Waals surface area contributed by atoms with Crippen LogP contribution in [0.2, 0.25) is 0 Å². The SMILES string of the molecule is Cc1cc(C)n(-c2ccc(C(=O)NC[C@H]3CC(=O)N(C4CCCC4)C3)cc2)n1. The van der Waals surface area contributed by atoms with Gasteiger partial charge in [-0.25, -0.2) is 4.68 Å². The number of hydrogen-bond donors (Lipinski definition) is 1. The van der Waals surface area contributed by atoms with Crippen LogP contribution in [-0.2, 0) is 4.79 Å². The first-order valence-corrected chi connectivity index (χ1v) is 10.2. The summed E-state index contributed by atoms with van der Waals surface area (Å²) in [5, 5.41) is 7.48. The van der Waals surface area contributed by atoms with E-state index in [1.165, 1.54) is 12.8 Å². The lowest BCUT2D eigenvalue weighted by Crippen LogP contribution is -2.36. The Bertz CT molecular complexity index is 865. The lowest BCUT2D eigenvalue weighted by molar-refractivity contribution is -0.129. The average molecular weight is 380 g/mol. The van der Waals surface area contributed by atoms with Crippen molar-refractivity contribution < 1.29 is 9.59 Å². The van der Waals surface area contributed by atoms with E-state index in [0.717, 1.165) is 36.5 Å². The highest BCUT2D eigenvalue weighted by Crippen LogP contribution is 2.29. The summed E-state index contributed by atoms with van der Waals surface area (Å²) in [5.74, 6) is 0.373. The van der Waals surface area contributed by atoms with Crippen LogP contribution >= 0.6 is 0 Å². The van der Waals surface area contributed by atoms with Gasteiger partial charge in [-0.15, -0.1) is 0 Å². The van der Waals surface area contributed by atoms with Gasteiger partial charge in [0.15, 0.2) is 0 Å². The van der Waals surface area contributed by atoms with E-state index in [1.807, 2.05) is 53.8 Å². The molecular weight excluding hydrogens is 352 g/mol. The van der Waals surface area contributed by atoms with E-state index in [1.54, 1.807) is 0 Å². The molecule has 1 aromatic heterocycles. The Morgan fingerprint density at radius 3 is 2.54 bits per heavy atom. The van der Waals surface area contributed by atoms with Crippen LogP contribution in [0.4, 0.5) is 0 Å². The third-order valence-corrected chi connectivity index (χ3v) is 5.94. The summed E-state index contributed by atoms with van der Waals surface area (Å²) in [6.07, 6.45) is 5.26. The second kappa shape index (κ2) is 7.78. The summed E-state index contributed by atoms with van der Waals surface area (Å²) in [6, 6.07) is 9.93. The molecule has 0 radical (unpaired) electrons. The predicted octanol–water partition coefficient (Wildman–Crippen LogP) is 3.01. The van der Waals surface area contributed by atoms with Crippen molar-refractivity contribution in [2.75, 3.05) is 13.1 Å². The summed E-state index contributed by atoms with van der Waals surface area (Å²) in [6.45, 7) is 5.30. The number of hydrogen-bond acceptors (Lipinski definition) is 3. The quantitative estimate of drug-likeness (QED) is 0.867. The zero-order chi connectivity index (χ0) is 19.7. The monoisotopic (exact) mass is 380 g/mol. The summed E-state index contributed by atoms with van der Waals surface area (Å²) >= 11 is 0. The van der Waals surface area contributed by atoms with Crippen molar-refractivity contribution in [3.63, 3.8) is 0 Å². The molecule has 1 saturated carbocycles. The topological polar surface area (TPSA) is 67.2 Å². The minimum Gasteiger partial charge on any atom is -0.352 e. The largest absolute Gasteiger partial charge is 0.352 e. The highest BCUT2D eigenvalue weighted by molar-refractivity contribution is 5.94. The molecule has 148 valence electrons. The molecular formula is C22H28N4O2.